The van der Waals surface area contributed by atoms with Gasteiger partial charge in [-0.2, -0.15) is 0 Å². The van der Waals surface area contributed by atoms with Crippen molar-refractivity contribution in [2.24, 2.45) is 5.14 Å². The molecule has 0 saturated carbocycles. The minimum absolute atomic E-state index is 0.0607. The first kappa shape index (κ1) is 15.6. The summed E-state index contributed by atoms with van der Waals surface area (Å²) in [5.41, 5.74) is 1.24. The van der Waals surface area contributed by atoms with Gasteiger partial charge in [-0.3, -0.25) is 4.79 Å². The highest BCUT2D eigenvalue weighted by Crippen LogP contribution is 2.11. The zero-order valence-electron chi connectivity index (χ0n) is 10.8. The number of nitrogens with one attached hydrogen (secondary N) is 2. The molecule has 0 aromatic heterocycles. The Hall–Kier alpha value is -1.44. The number of primary sulfonamides is 1. The van der Waals surface area contributed by atoms with E-state index in [1.807, 2.05) is 7.05 Å². The van der Waals surface area contributed by atoms with Gasteiger partial charge in [0, 0.05) is 12.1 Å². The molecule has 0 saturated heterocycles. The Morgan fingerprint density at radius 3 is 2.42 bits per heavy atom. The predicted octanol–water partition coefficient (Wildman–Crippen LogP) is 0.413. The average molecular weight is 285 g/mol. The lowest BCUT2D eigenvalue weighted by Crippen LogP contribution is -2.16. The van der Waals surface area contributed by atoms with E-state index < -0.39 is 10.0 Å². The Morgan fingerprint density at radius 2 is 1.89 bits per heavy atom. The number of sulfonamides is 1. The lowest BCUT2D eigenvalue weighted by molar-refractivity contribution is -0.116. The molecule has 19 heavy (non-hydrogen) atoms. The van der Waals surface area contributed by atoms with E-state index in [4.69, 9.17) is 5.14 Å². The van der Waals surface area contributed by atoms with Crippen molar-refractivity contribution in [2.75, 3.05) is 18.9 Å². The minimum atomic E-state index is -3.52. The maximum atomic E-state index is 11.5. The van der Waals surface area contributed by atoms with Crippen molar-refractivity contribution in [3.63, 3.8) is 0 Å². The Morgan fingerprint density at radius 1 is 1.26 bits per heavy atom. The molecule has 0 unspecified atom stereocenters. The van der Waals surface area contributed by atoms with Crippen molar-refractivity contribution in [1.29, 1.82) is 0 Å². The lowest BCUT2D eigenvalue weighted by Gasteiger charge is -2.06. The number of anilines is 1. The lowest BCUT2D eigenvalue weighted by atomic mass is 10.2. The Balaban J connectivity index is 2.50. The van der Waals surface area contributed by atoms with Gasteiger partial charge in [0.05, 0.1) is 5.75 Å². The minimum Gasteiger partial charge on any atom is -0.326 e. The fourth-order valence-electron chi connectivity index (χ4n) is 1.57. The number of rotatable bonds is 7. The van der Waals surface area contributed by atoms with E-state index in [2.05, 4.69) is 10.6 Å². The first-order chi connectivity index (χ1) is 8.90. The summed E-state index contributed by atoms with van der Waals surface area (Å²) in [6, 6.07) is 6.59. The maximum absolute atomic E-state index is 11.5. The largest absolute Gasteiger partial charge is 0.326 e. The third-order valence-corrected chi connectivity index (χ3v) is 3.17. The molecule has 1 amide bonds. The molecule has 1 aromatic rings. The van der Waals surface area contributed by atoms with Crippen LogP contribution in [0.2, 0.25) is 0 Å². The fourth-order valence-corrected chi connectivity index (χ4v) is 2.22. The number of benzene rings is 1. The molecule has 1 rings (SSSR count). The van der Waals surface area contributed by atoms with Crippen LogP contribution in [0.25, 0.3) is 0 Å². The average Bonchev–Trinajstić information content (AvgIpc) is 2.30. The summed E-state index contributed by atoms with van der Waals surface area (Å²) in [4.78, 5) is 11.5. The smallest absolute Gasteiger partial charge is 0.224 e. The second-order valence-electron chi connectivity index (χ2n) is 4.26. The molecule has 4 N–H and O–H groups in total. The first-order valence-corrected chi connectivity index (χ1v) is 7.66. The van der Waals surface area contributed by atoms with E-state index in [9.17, 15) is 13.2 Å². The third-order valence-electron chi connectivity index (χ3n) is 2.44. The molecule has 0 bridgehead atoms. The summed E-state index contributed by atoms with van der Waals surface area (Å²) in [5.74, 6) is -0.266. The van der Waals surface area contributed by atoms with Gasteiger partial charge in [0.15, 0.2) is 0 Å². The summed E-state index contributed by atoms with van der Waals surface area (Å²) in [6.07, 6.45) is 1.21. The van der Waals surface area contributed by atoms with Crippen LogP contribution in [0.3, 0.4) is 0 Å². The van der Waals surface area contributed by atoms with E-state index in [-0.39, 0.29) is 11.7 Å². The van der Waals surface area contributed by atoms with E-state index in [1.54, 1.807) is 24.3 Å². The van der Waals surface area contributed by atoms with Crippen LogP contribution < -0.4 is 15.8 Å². The van der Waals surface area contributed by atoms with Crippen LogP contribution in [0.4, 0.5) is 5.69 Å². The van der Waals surface area contributed by atoms with Crippen molar-refractivity contribution in [2.45, 2.75) is 18.6 Å². The zero-order valence-corrected chi connectivity index (χ0v) is 11.7. The molecule has 0 radical (unpaired) electrons. The number of amides is 1. The van der Waals surface area contributed by atoms with Gasteiger partial charge < -0.3 is 10.6 Å². The quantitative estimate of drug-likeness (QED) is 0.632. The van der Waals surface area contributed by atoms with Crippen molar-refractivity contribution < 1.29 is 13.2 Å². The van der Waals surface area contributed by atoms with Gasteiger partial charge in [-0.25, -0.2) is 13.6 Å². The van der Waals surface area contributed by atoms with Crippen LogP contribution in [-0.2, 0) is 20.6 Å². The number of carbonyl (C=O) groups is 1. The SMILES string of the molecule is CNCCCC(=O)Nc1ccc(CS(N)(=O)=O)cc1. The molecule has 0 aliphatic carbocycles. The number of hydrogen-bond donors (Lipinski definition) is 3. The molecule has 0 fully saturated rings. The highest BCUT2D eigenvalue weighted by molar-refractivity contribution is 7.88. The molecule has 106 valence electrons. The van der Waals surface area contributed by atoms with Gasteiger partial charge in [0.2, 0.25) is 15.9 Å². The second kappa shape index (κ2) is 7.22. The van der Waals surface area contributed by atoms with Crippen molar-refractivity contribution in [1.82, 2.24) is 5.32 Å². The van der Waals surface area contributed by atoms with Crippen LogP contribution in [-0.4, -0.2) is 27.9 Å². The van der Waals surface area contributed by atoms with Gasteiger partial charge in [-0.05, 0) is 37.7 Å². The molecular formula is C12H19N3O3S. The molecule has 6 nitrogen and oxygen atoms in total. The van der Waals surface area contributed by atoms with Gasteiger partial charge in [-0.1, -0.05) is 12.1 Å². The third kappa shape index (κ3) is 6.90. The van der Waals surface area contributed by atoms with Crippen molar-refractivity contribution in [3.8, 4) is 0 Å². The molecular weight excluding hydrogens is 266 g/mol. The topological polar surface area (TPSA) is 101 Å². The highest BCUT2D eigenvalue weighted by atomic mass is 32.2. The Kier molecular flexibility index (Phi) is 5.94. The summed E-state index contributed by atoms with van der Waals surface area (Å²) in [7, 11) is -1.69. The van der Waals surface area contributed by atoms with E-state index >= 15 is 0 Å². The maximum Gasteiger partial charge on any atom is 0.224 e. The van der Waals surface area contributed by atoms with Crippen molar-refractivity contribution >= 4 is 21.6 Å². The van der Waals surface area contributed by atoms with E-state index in [0.29, 0.717) is 17.7 Å². The summed E-state index contributed by atoms with van der Waals surface area (Å²) >= 11 is 0. The van der Waals surface area contributed by atoms with E-state index in [1.165, 1.54) is 0 Å². The molecule has 0 aliphatic rings. The number of hydrogen-bond acceptors (Lipinski definition) is 4. The monoisotopic (exact) mass is 285 g/mol. The second-order valence-corrected chi connectivity index (χ2v) is 5.87. The first-order valence-electron chi connectivity index (χ1n) is 5.94. The van der Waals surface area contributed by atoms with Gasteiger partial charge in [0.1, 0.15) is 0 Å². The van der Waals surface area contributed by atoms with Crippen LogP contribution in [0.15, 0.2) is 24.3 Å². The van der Waals surface area contributed by atoms with Gasteiger partial charge in [0.25, 0.3) is 0 Å². The summed E-state index contributed by atoms with van der Waals surface area (Å²) in [5, 5.41) is 10.7. The standard InChI is InChI=1S/C12H19N3O3S/c1-14-8-2-3-12(16)15-11-6-4-10(5-7-11)9-19(13,17)18/h4-7,14H,2-3,8-9H2,1H3,(H,15,16)(H2,13,17,18). The molecule has 0 atom stereocenters. The normalized spacial score (nSPS) is 11.3. The predicted molar refractivity (Wildman–Crippen MR) is 75.0 cm³/mol. The summed E-state index contributed by atoms with van der Waals surface area (Å²) < 4.78 is 21.8. The molecule has 0 aliphatic heterocycles. The Bertz CT molecular complexity index is 512. The van der Waals surface area contributed by atoms with Crippen LogP contribution in [0.1, 0.15) is 18.4 Å². The number of nitrogens with two attached hydrogens (primary N) is 1. The highest BCUT2D eigenvalue weighted by Gasteiger charge is 2.06. The van der Waals surface area contributed by atoms with Crippen LogP contribution >= 0.6 is 0 Å². The molecule has 1 aromatic carbocycles. The molecule has 0 heterocycles. The summed E-state index contributed by atoms with van der Waals surface area (Å²) in [6.45, 7) is 0.792. The molecule has 7 heteroatoms. The van der Waals surface area contributed by atoms with Crippen LogP contribution in [0.5, 0.6) is 0 Å². The molecule has 0 spiro atoms. The van der Waals surface area contributed by atoms with Crippen molar-refractivity contribution in [3.05, 3.63) is 29.8 Å². The zero-order chi connectivity index (χ0) is 14.3. The van der Waals surface area contributed by atoms with E-state index in [0.717, 1.165) is 13.0 Å². The van der Waals surface area contributed by atoms with Crippen LogP contribution in [0, 0.1) is 0 Å². The Labute approximate surface area is 113 Å². The fraction of sp³-hybridized carbons (Fsp3) is 0.417. The van der Waals surface area contributed by atoms with Gasteiger partial charge in [-0.15, -0.1) is 0 Å². The number of carbonyl (C=O) groups excluding carboxylic acids is 1. The van der Waals surface area contributed by atoms with Gasteiger partial charge >= 0.3 is 0 Å².